The maximum absolute atomic E-state index is 12.4. The molecule has 6 nitrogen and oxygen atoms in total. The highest BCUT2D eigenvalue weighted by atomic mass is 32.1. The minimum absolute atomic E-state index is 0.0565. The smallest absolute Gasteiger partial charge is 0.237 e. The fourth-order valence-electron chi connectivity index (χ4n) is 2.86. The van der Waals surface area contributed by atoms with E-state index in [4.69, 9.17) is 0 Å². The Morgan fingerprint density at radius 3 is 2.87 bits per heavy atom. The summed E-state index contributed by atoms with van der Waals surface area (Å²) in [5, 5.41) is 12.1. The van der Waals surface area contributed by atoms with Gasteiger partial charge in [0, 0.05) is 0 Å². The Hall–Kier alpha value is -1.73. The zero-order valence-electron chi connectivity index (χ0n) is 13.4. The van der Waals surface area contributed by atoms with Gasteiger partial charge in [0.15, 0.2) is 5.82 Å². The summed E-state index contributed by atoms with van der Waals surface area (Å²) >= 11 is 1.60. The molecule has 0 saturated carbocycles. The molecule has 1 saturated heterocycles. The second-order valence-corrected chi connectivity index (χ2v) is 6.87. The third-order valence-electron chi connectivity index (χ3n) is 4.27. The molecule has 1 atom stereocenters. The number of aromatic amines is 1. The molecule has 1 aliphatic rings. The van der Waals surface area contributed by atoms with Crippen molar-refractivity contribution in [2.24, 2.45) is 0 Å². The Kier molecular flexibility index (Phi) is 5.40. The van der Waals surface area contributed by atoms with Crippen LogP contribution < -0.4 is 5.32 Å². The van der Waals surface area contributed by atoms with Gasteiger partial charge < -0.3 is 5.32 Å². The number of hydrogen-bond acceptors (Lipinski definition) is 5. The summed E-state index contributed by atoms with van der Waals surface area (Å²) in [5.41, 5.74) is 0. The van der Waals surface area contributed by atoms with Crippen LogP contribution in [-0.2, 0) is 11.3 Å². The summed E-state index contributed by atoms with van der Waals surface area (Å²) < 4.78 is 0. The second kappa shape index (κ2) is 7.70. The van der Waals surface area contributed by atoms with Gasteiger partial charge in [0.25, 0.3) is 0 Å². The molecule has 1 fully saturated rings. The van der Waals surface area contributed by atoms with Crippen molar-refractivity contribution >= 4 is 17.2 Å². The molecule has 124 valence electrons. The Bertz CT molecular complexity index is 616. The molecule has 7 heteroatoms. The van der Waals surface area contributed by atoms with Crippen LogP contribution in [0.3, 0.4) is 0 Å². The highest BCUT2D eigenvalue weighted by molar-refractivity contribution is 7.13. The largest absolute Gasteiger partial charge is 0.347 e. The van der Waals surface area contributed by atoms with Crippen LogP contribution in [0.25, 0.3) is 10.7 Å². The van der Waals surface area contributed by atoms with Gasteiger partial charge >= 0.3 is 0 Å². The van der Waals surface area contributed by atoms with E-state index >= 15 is 0 Å². The van der Waals surface area contributed by atoms with Gasteiger partial charge in [0.1, 0.15) is 5.82 Å². The summed E-state index contributed by atoms with van der Waals surface area (Å²) in [5.74, 6) is 1.43. The van der Waals surface area contributed by atoms with Crippen molar-refractivity contribution in [3.63, 3.8) is 0 Å². The molecule has 23 heavy (non-hydrogen) atoms. The number of nitrogens with one attached hydrogen (secondary N) is 2. The summed E-state index contributed by atoms with van der Waals surface area (Å²) in [4.78, 5) is 20.1. The number of nitrogens with zero attached hydrogens (tertiary/aromatic N) is 3. The van der Waals surface area contributed by atoms with Crippen LogP contribution in [0, 0.1) is 0 Å². The summed E-state index contributed by atoms with van der Waals surface area (Å²) in [7, 11) is 0. The molecule has 0 unspecified atom stereocenters. The lowest BCUT2D eigenvalue weighted by Gasteiger charge is -2.26. The Morgan fingerprint density at radius 1 is 1.39 bits per heavy atom. The first-order valence-electron chi connectivity index (χ1n) is 8.21. The van der Waals surface area contributed by atoms with Gasteiger partial charge in [-0.25, -0.2) is 4.98 Å². The predicted molar refractivity (Wildman–Crippen MR) is 91.0 cm³/mol. The van der Waals surface area contributed by atoms with E-state index in [1.165, 1.54) is 25.7 Å². The molecule has 0 aliphatic carbocycles. The van der Waals surface area contributed by atoms with Crippen molar-refractivity contribution in [3.05, 3.63) is 23.3 Å². The predicted octanol–water partition coefficient (Wildman–Crippen LogP) is 2.41. The van der Waals surface area contributed by atoms with Crippen LogP contribution in [0.4, 0.5) is 0 Å². The minimum Gasteiger partial charge on any atom is -0.347 e. The maximum Gasteiger partial charge on any atom is 0.237 e. The number of carbonyl (C=O) groups is 1. The van der Waals surface area contributed by atoms with Gasteiger partial charge in [-0.1, -0.05) is 18.9 Å². The van der Waals surface area contributed by atoms with E-state index in [0.717, 1.165) is 18.0 Å². The average molecular weight is 333 g/mol. The molecule has 3 heterocycles. The molecule has 3 rings (SSSR count). The molecular weight excluding hydrogens is 310 g/mol. The first-order valence-corrected chi connectivity index (χ1v) is 9.09. The fraction of sp³-hybridized carbons (Fsp3) is 0.562. The van der Waals surface area contributed by atoms with Crippen LogP contribution in [0.1, 0.15) is 38.4 Å². The quantitative estimate of drug-likeness (QED) is 0.881. The fourth-order valence-corrected chi connectivity index (χ4v) is 3.51. The molecule has 0 aromatic carbocycles. The van der Waals surface area contributed by atoms with Crippen LogP contribution in [0.2, 0.25) is 0 Å². The summed E-state index contributed by atoms with van der Waals surface area (Å²) in [6.07, 6.45) is 4.91. The van der Waals surface area contributed by atoms with Crippen LogP contribution in [-0.4, -0.2) is 45.1 Å². The third kappa shape index (κ3) is 4.17. The zero-order chi connectivity index (χ0) is 16.1. The molecule has 2 aromatic heterocycles. The average Bonchev–Trinajstić information content (AvgIpc) is 3.18. The van der Waals surface area contributed by atoms with E-state index in [1.807, 2.05) is 24.4 Å². The highest BCUT2D eigenvalue weighted by Gasteiger charge is 2.22. The SMILES string of the molecule is C[C@@H](C(=O)NCc1nc(-c2cccs2)n[nH]1)N1CCCCCC1. The number of carbonyl (C=O) groups excluding carboxylic acids is 1. The van der Waals surface area contributed by atoms with Crippen molar-refractivity contribution in [3.8, 4) is 10.7 Å². The van der Waals surface area contributed by atoms with Gasteiger partial charge in [-0.3, -0.25) is 14.8 Å². The first kappa shape index (κ1) is 16.1. The van der Waals surface area contributed by atoms with Crippen LogP contribution in [0.5, 0.6) is 0 Å². The van der Waals surface area contributed by atoms with Gasteiger partial charge in [0.2, 0.25) is 5.91 Å². The summed E-state index contributed by atoms with van der Waals surface area (Å²) in [6, 6.07) is 3.87. The zero-order valence-corrected chi connectivity index (χ0v) is 14.2. The summed E-state index contributed by atoms with van der Waals surface area (Å²) in [6.45, 7) is 4.40. The van der Waals surface area contributed by atoms with Crippen molar-refractivity contribution in [2.45, 2.75) is 45.2 Å². The molecular formula is C16H23N5OS. The van der Waals surface area contributed by atoms with Gasteiger partial charge in [0.05, 0.1) is 17.5 Å². The second-order valence-electron chi connectivity index (χ2n) is 5.93. The molecule has 1 aliphatic heterocycles. The number of amides is 1. The molecule has 1 amide bonds. The first-order chi connectivity index (χ1) is 11.2. The van der Waals surface area contributed by atoms with Crippen LogP contribution in [0.15, 0.2) is 17.5 Å². The monoisotopic (exact) mass is 333 g/mol. The lowest BCUT2D eigenvalue weighted by Crippen LogP contribution is -2.45. The molecule has 0 spiro atoms. The van der Waals surface area contributed by atoms with E-state index in [2.05, 4.69) is 25.4 Å². The number of H-pyrrole nitrogens is 1. The lowest BCUT2D eigenvalue weighted by atomic mass is 10.2. The Morgan fingerprint density at radius 2 is 2.17 bits per heavy atom. The van der Waals surface area contributed by atoms with E-state index in [-0.39, 0.29) is 11.9 Å². The van der Waals surface area contributed by atoms with Crippen molar-refractivity contribution in [2.75, 3.05) is 13.1 Å². The van der Waals surface area contributed by atoms with Crippen LogP contribution >= 0.6 is 11.3 Å². The Balaban J connectivity index is 1.52. The lowest BCUT2D eigenvalue weighted by molar-refractivity contribution is -0.126. The van der Waals surface area contributed by atoms with Gasteiger partial charge in [-0.05, 0) is 44.3 Å². The molecule has 0 bridgehead atoms. The third-order valence-corrected chi connectivity index (χ3v) is 5.14. The minimum atomic E-state index is -0.0900. The number of hydrogen-bond donors (Lipinski definition) is 2. The Labute approximate surface area is 140 Å². The van der Waals surface area contributed by atoms with E-state index in [0.29, 0.717) is 18.2 Å². The van der Waals surface area contributed by atoms with Gasteiger partial charge in [-0.2, -0.15) is 5.10 Å². The standard InChI is InChI=1S/C16H23N5OS/c1-12(21-8-4-2-3-5-9-21)16(22)17-11-14-18-15(20-19-14)13-7-6-10-23-13/h6-7,10,12H,2-5,8-9,11H2,1H3,(H,17,22)(H,18,19,20)/t12-/m0/s1. The number of rotatable bonds is 5. The van der Waals surface area contributed by atoms with E-state index in [9.17, 15) is 4.79 Å². The topological polar surface area (TPSA) is 73.9 Å². The van der Waals surface area contributed by atoms with E-state index < -0.39 is 0 Å². The molecule has 2 aromatic rings. The number of aromatic nitrogens is 3. The highest BCUT2D eigenvalue weighted by Crippen LogP contribution is 2.20. The molecule has 2 N–H and O–H groups in total. The van der Waals surface area contributed by atoms with Crippen molar-refractivity contribution in [1.29, 1.82) is 0 Å². The van der Waals surface area contributed by atoms with Crippen molar-refractivity contribution in [1.82, 2.24) is 25.4 Å². The van der Waals surface area contributed by atoms with E-state index in [1.54, 1.807) is 11.3 Å². The van der Waals surface area contributed by atoms with Crippen molar-refractivity contribution < 1.29 is 4.79 Å². The maximum atomic E-state index is 12.4. The number of thiophene rings is 1. The number of likely N-dealkylation sites (tertiary alicyclic amines) is 1. The molecule has 0 radical (unpaired) electrons. The van der Waals surface area contributed by atoms with Gasteiger partial charge in [-0.15, -0.1) is 11.3 Å². The normalized spacial score (nSPS) is 17.6.